The minimum Gasteiger partial charge on any atom is -0.374 e. The first-order chi connectivity index (χ1) is 8.68. The Bertz CT molecular complexity index is 321. The molecule has 2 unspecified atom stereocenters. The molecule has 1 heterocycles. The third kappa shape index (κ3) is 4.05. The maximum atomic E-state index is 12.5. The van der Waals surface area contributed by atoms with Crippen LogP contribution in [0.15, 0.2) is 0 Å². The second-order valence-corrected chi connectivity index (χ2v) is 4.80. The predicted octanol–water partition coefficient (Wildman–Crippen LogP) is 0.103. The van der Waals surface area contributed by atoms with Gasteiger partial charge >= 0.3 is 6.18 Å². The molecule has 0 aromatic rings. The topological polar surface area (TPSA) is 67.6 Å². The molecule has 2 atom stereocenters. The van der Waals surface area contributed by atoms with Gasteiger partial charge in [-0.15, -0.1) is 0 Å². The molecule has 5 nitrogen and oxygen atoms in total. The summed E-state index contributed by atoms with van der Waals surface area (Å²) in [6.45, 7) is 5.39. The van der Waals surface area contributed by atoms with Crippen molar-refractivity contribution in [2.24, 2.45) is 5.73 Å². The molecular formula is C11H20F3N3O2. The second kappa shape index (κ2) is 6.06. The van der Waals surface area contributed by atoms with Crippen LogP contribution in [0.3, 0.4) is 0 Å². The van der Waals surface area contributed by atoms with Gasteiger partial charge in [-0.05, 0) is 13.5 Å². The van der Waals surface area contributed by atoms with E-state index in [0.717, 1.165) is 13.1 Å². The number of morpholine rings is 1. The van der Waals surface area contributed by atoms with Crippen LogP contribution in [0.2, 0.25) is 0 Å². The standard InChI is InChI=1S/C11H20F3N3O2/c1-3-17-4-5-19-8(7-17)6-16-9(18)10(2,15)11(12,13)14/h8H,3-7,15H2,1-2H3,(H,16,18). The Labute approximate surface area is 110 Å². The van der Waals surface area contributed by atoms with Gasteiger partial charge in [-0.25, -0.2) is 0 Å². The smallest absolute Gasteiger partial charge is 0.374 e. The van der Waals surface area contributed by atoms with E-state index >= 15 is 0 Å². The molecule has 1 amide bonds. The Morgan fingerprint density at radius 1 is 1.53 bits per heavy atom. The first kappa shape index (κ1) is 16.2. The van der Waals surface area contributed by atoms with Gasteiger partial charge in [0.05, 0.1) is 12.7 Å². The highest BCUT2D eigenvalue weighted by Crippen LogP contribution is 2.27. The number of hydrogen-bond donors (Lipinski definition) is 2. The first-order valence-corrected chi connectivity index (χ1v) is 6.16. The lowest BCUT2D eigenvalue weighted by atomic mass is 10.0. The van der Waals surface area contributed by atoms with Gasteiger partial charge in [-0.1, -0.05) is 6.92 Å². The van der Waals surface area contributed by atoms with Crippen molar-refractivity contribution in [3.8, 4) is 0 Å². The molecule has 1 aliphatic rings. The summed E-state index contributed by atoms with van der Waals surface area (Å²) in [5, 5.41) is 2.21. The third-order valence-electron chi connectivity index (χ3n) is 3.22. The molecule has 0 aromatic heterocycles. The zero-order chi connectivity index (χ0) is 14.7. The molecule has 0 saturated carbocycles. The number of nitrogens with one attached hydrogen (secondary N) is 1. The lowest BCUT2D eigenvalue weighted by Gasteiger charge is -2.33. The van der Waals surface area contributed by atoms with Crippen LogP contribution < -0.4 is 11.1 Å². The molecule has 0 aliphatic carbocycles. The van der Waals surface area contributed by atoms with Crippen LogP contribution in [0.1, 0.15) is 13.8 Å². The summed E-state index contributed by atoms with van der Waals surface area (Å²) in [7, 11) is 0. The van der Waals surface area contributed by atoms with Gasteiger partial charge in [-0.3, -0.25) is 9.69 Å². The van der Waals surface area contributed by atoms with E-state index in [9.17, 15) is 18.0 Å². The number of halogens is 3. The molecule has 1 saturated heterocycles. The van der Waals surface area contributed by atoms with E-state index in [4.69, 9.17) is 10.5 Å². The van der Waals surface area contributed by atoms with E-state index < -0.39 is 17.6 Å². The largest absolute Gasteiger partial charge is 0.415 e. The van der Waals surface area contributed by atoms with Gasteiger partial charge in [-0.2, -0.15) is 13.2 Å². The molecule has 19 heavy (non-hydrogen) atoms. The Morgan fingerprint density at radius 2 is 2.16 bits per heavy atom. The van der Waals surface area contributed by atoms with Crippen LogP contribution in [-0.4, -0.2) is 61.4 Å². The fraction of sp³-hybridized carbons (Fsp3) is 0.909. The van der Waals surface area contributed by atoms with Crippen molar-refractivity contribution >= 4 is 5.91 Å². The fourth-order valence-electron chi connectivity index (χ4n) is 1.71. The van der Waals surface area contributed by atoms with E-state index in [0.29, 0.717) is 20.1 Å². The number of ether oxygens (including phenoxy) is 1. The Kier molecular flexibility index (Phi) is 5.17. The molecule has 112 valence electrons. The Balaban J connectivity index is 2.46. The lowest BCUT2D eigenvalue weighted by molar-refractivity contribution is -0.187. The number of nitrogens with zero attached hydrogens (tertiary/aromatic N) is 1. The van der Waals surface area contributed by atoms with E-state index in [1.54, 1.807) is 0 Å². The monoisotopic (exact) mass is 283 g/mol. The normalized spacial score (nSPS) is 24.8. The van der Waals surface area contributed by atoms with E-state index in [-0.39, 0.29) is 12.6 Å². The van der Waals surface area contributed by atoms with E-state index in [2.05, 4.69) is 10.2 Å². The van der Waals surface area contributed by atoms with E-state index in [1.807, 2.05) is 6.92 Å². The van der Waals surface area contributed by atoms with Crippen molar-refractivity contribution in [1.29, 1.82) is 0 Å². The van der Waals surface area contributed by atoms with Crippen LogP contribution in [0.25, 0.3) is 0 Å². The minimum atomic E-state index is -4.78. The molecule has 0 bridgehead atoms. The van der Waals surface area contributed by atoms with Crippen LogP contribution in [0.5, 0.6) is 0 Å². The first-order valence-electron chi connectivity index (χ1n) is 6.16. The molecule has 8 heteroatoms. The van der Waals surface area contributed by atoms with Gasteiger partial charge in [0.1, 0.15) is 0 Å². The number of alkyl halides is 3. The number of nitrogens with two attached hydrogens (primary N) is 1. The van der Waals surface area contributed by atoms with Crippen molar-refractivity contribution in [3.63, 3.8) is 0 Å². The highest BCUT2D eigenvalue weighted by molar-refractivity contribution is 5.86. The van der Waals surface area contributed by atoms with Crippen LogP contribution in [0, 0.1) is 0 Å². The quantitative estimate of drug-likeness (QED) is 0.768. The maximum Gasteiger partial charge on any atom is 0.415 e. The van der Waals surface area contributed by atoms with Crippen molar-refractivity contribution in [2.75, 3.05) is 32.8 Å². The number of amides is 1. The van der Waals surface area contributed by atoms with Crippen molar-refractivity contribution in [2.45, 2.75) is 31.7 Å². The molecule has 0 aromatic carbocycles. The number of likely N-dealkylation sites (N-methyl/N-ethyl adjacent to an activating group) is 1. The average molecular weight is 283 g/mol. The van der Waals surface area contributed by atoms with Crippen molar-refractivity contribution in [1.82, 2.24) is 10.2 Å². The summed E-state index contributed by atoms with van der Waals surface area (Å²) < 4.78 is 43.0. The molecule has 3 N–H and O–H groups in total. The minimum absolute atomic E-state index is 0.0260. The lowest BCUT2D eigenvalue weighted by Crippen LogP contribution is -2.62. The van der Waals surface area contributed by atoms with Crippen molar-refractivity contribution in [3.05, 3.63) is 0 Å². The fourth-order valence-corrected chi connectivity index (χ4v) is 1.71. The summed E-state index contributed by atoms with van der Waals surface area (Å²) in [5.41, 5.74) is 2.14. The zero-order valence-corrected chi connectivity index (χ0v) is 11.1. The molecule has 1 fully saturated rings. The van der Waals surface area contributed by atoms with Gasteiger partial charge < -0.3 is 15.8 Å². The predicted molar refractivity (Wildman–Crippen MR) is 63.5 cm³/mol. The highest BCUT2D eigenvalue weighted by atomic mass is 19.4. The molecular weight excluding hydrogens is 263 g/mol. The number of hydrogen-bond acceptors (Lipinski definition) is 4. The zero-order valence-electron chi connectivity index (χ0n) is 11.1. The van der Waals surface area contributed by atoms with Gasteiger partial charge in [0.15, 0.2) is 5.54 Å². The number of rotatable bonds is 4. The highest BCUT2D eigenvalue weighted by Gasteiger charge is 2.53. The molecule has 0 spiro atoms. The third-order valence-corrected chi connectivity index (χ3v) is 3.22. The summed E-state index contributed by atoms with van der Waals surface area (Å²) in [6.07, 6.45) is -5.08. The van der Waals surface area contributed by atoms with Crippen LogP contribution in [-0.2, 0) is 9.53 Å². The molecule has 1 rings (SSSR count). The molecule has 0 radical (unpaired) electrons. The molecule has 1 aliphatic heterocycles. The van der Waals surface area contributed by atoms with Gasteiger partial charge in [0.2, 0.25) is 5.91 Å². The Morgan fingerprint density at radius 3 is 2.68 bits per heavy atom. The van der Waals surface area contributed by atoms with Crippen LogP contribution >= 0.6 is 0 Å². The summed E-state index contributed by atoms with van der Waals surface area (Å²) in [4.78, 5) is 13.6. The van der Waals surface area contributed by atoms with Gasteiger partial charge in [0.25, 0.3) is 0 Å². The number of carbonyl (C=O) groups is 1. The summed E-state index contributed by atoms with van der Waals surface area (Å²) >= 11 is 0. The Hall–Kier alpha value is -0.860. The maximum absolute atomic E-state index is 12.5. The van der Waals surface area contributed by atoms with Crippen LogP contribution in [0.4, 0.5) is 13.2 Å². The van der Waals surface area contributed by atoms with E-state index in [1.165, 1.54) is 0 Å². The second-order valence-electron chi connectivity index (χ2n) is 4.80. The number of carbonyl (C=O) groups excluding carboxylic acids is 1. The average Bonchev–Trinajstić information content (AvgIpc) is 2.34. The summed E-state index contributed by atoms with van der Waals surface area (Å²) in [5.74, 6) is -1.24. The summed E-state index contributed by atoms with van der Waals surface area (Å²) in [6, 6.07) is 0. The SMILES string of the molecule is CCN1CCOC(CNC(=O)C(C)(N)C(F)(F)F)C1. The van der Waals surface area contributed by atoms with Gasteiger partial charge in [0, 0.05) is 19.6 Å². The van der Waals surface area contributed by atoms with Crippen molar-refractivity contribution < 1.29 is 22.7 Å².